The summed E-state index contributed by atoms with van der Waals surface area (Å²) in [6.45, 7) is -0.674. The molecule has 43 heavy (non-hydrogen) atoms. The Kier molecular flexibility index (Phi) is 9.76. The van der Waals surface area contributed by atoms with Crippen molar-refractivity contribution in [3.8, 4) is 11.3 Å². The fraction of sp³-hybridized carbons (Fsp3) is 0.464. The summed E-state index contributed by atoms with van der Waals surface area (Å²) in [6.07, 6.45) is -2.38. The fourth-order valence-corrected chi connectivity index (χ4v) is 6.25. The van der Waals surface area contributed by atoms with Gasteiger partial charge in [-0.05, 0) is 59.1 Å². The number of carbonyl (C=O) groups excluding carboxylic acids is 1. The Balaban J connectivity index is 1.54. The number of halogens is 5. The smallest absolute Gasteiger partial charge is 0.259 e. The van der Waals surface area contributed by atoms with Gasteiger partial charge in [0, 0.05) is 22.8 Å². The summed E-state index contributed by atoms with van der Waals surface area (Å²) in [5.41, 5.74) is 0.264. The molecule has 0 spiro atoms. The summed E-state index contributed by atoms with van der Waals surface area (Å²) in [5, 5.41) is 40.6. The van der Waals surface area contributed by atoms with Crippen molar-refractivity contribution in [1.29, 1.82) is 0 Å². The van der Waals surface area contributed by atoms with Crippen molar-refractivity contribution in [2.45, 2.75) is 68.3 Å². The lowest BCUT2D eigenvalue weighted by Gasteiger charge is -2.46. The third-order valence-corrected chi connectivity index (χ3v) is 9.14. The van der Waals surface area contributed by atoms with Gasteiger partial charge in [-0.15, -0.1) is 5.10 Å². The van der Waals surface area contributed by atoms with Gasteiger partial charge in [0.05, 0.1) is 30.0 Å². The molecule has 1 amide bonds. The molecular formula is C28H29BrClF3N4O6. The molecular weight excluding hydrogens is 661 g/mol. The fourth-order valence-electron chi connectivity index (χ4n) is 5.76. The standard InChI is InChI=1S/C28H29BrClF3N4O6/c1-42-26-24(36-11-19(34-35-36)13-8-17(31)23(33)18(32)9-13)25(40)22(12-38)43-27(26)28(41)37(20-4-2-3-5-21(20)39)14-6-7-16(30)15(29)10-14/h6-11,20-22,24-27,38-40H,2-5,12H2,1H3/t20-,21-,22+,24-,25-,26+,27+/m0/s1. The first-order valence-corrected chi connectivity index (χ1v) is 14.7. The van der Waals surface area contributed by atoms with Crippen LogP contribution in [-0.4, -0.2) is 86.5 Å². The minimum Gasteiger partial charge on any atom is -0.394 e. The number of hydrogen-bond acceptors (Lipinski definition) is 8. The van der Waals surface area contributed by atoms with Crippen molar-refractivity contribution in [2.24, 2.45) is 0 Å². The molecule has 2 heterocycles. The normalized spacial score (nSPS) is 27.7. The molecule has 3 aromatic rings. The maximum Gasteiger partial charge on any atom is 0.259 e. The Hall–Kier alpha value is -2.59. The highest BCUT2D eigenvalue weighted by Gasteiger charge is 2.52. The number of carbonyl (C=O) groups is 1. The van der Waals surface area contributed by atoms with E-state index in [1.165, 1.54) is 18.2 Å². The molecule has 15 heteroatoms. The number of nitrogens with zero attached hydrogens (tertiary/aromatic N) is 4. The number of ether oxygens (including phenoxy) is 2. The first-order chi connectivity index (χ1) is 20.5. The molecule has 1 aromatic heterocycles. The van der Waals surface area contributed by atoms with Crippen LogP contribution in [0.3, 0.4) is 0 Å². The second kappa shape index (κ2) is 13.2. The second-order valence-corrected chi connectivity index (χ2v) is 11.8. The van der Waals surface area contributed by atoms with Crippen LogP contribution in [0, 0.1) is 17.5 Å². The van der Waals surface area contributed by atoms with Gasteiger partial charge < -0.3 is 29.7 Å². The first kappa shape index (κ1) is 31.8. The topological polar surface area (TPSA) is 130 Å². The lowest BCUT2D eigenvalue weighted by atomic mass is 9.88. The summed E-state index contributed by atoms with van der Waals surface area (Å²) in [5.74, 6) is -5.08. The quantitative estimate of drug-likeness (QED) is 0.320. The van der Waals surface area contributed by atoms with E-state index in [0.717, 1.165) is 29.7 Å². The monoisotopic (exact) mass is 688 g/mol. The maximum absolute atomic E-state index is 14.4. The highest BCUT2D eigenvalue weighted by molar-refractivity contribution is 9.10. The summed E-state index contributed by atoms with van der Waals surface area (Å²) in [7, 11) is 1.30. The summed E-state index contributed by atoms with van der Waals surface area (Å²) < 4.78 is 54.6. The van der Waals surface area contributed by atoms with Gasteiger partial charge in [-0.3, -0.25) is 4.79 Å². The van der Waals surface area contributed by atoms with Crippen molar-refractivity contribution in [3.05, 3.63) is 63.5 Å². The third kappa shape index (κ3) is 6.19. The van der Waals surface area contributed by atoms with E-state index in [1.807, 2.05) is 0 Å². The largest absolute Gasteiger partial charge is 0.394 e. The maximum atomic E-state index is 14.4. The lowest BCUT2D eigenvalue weighted by molar-refractivity contribution is -0.211. The van der Waals surface area contributed by atoms with E-state index in [1.54, 1.807) is 18.2 Å². The minimum absolute atomic E-state index is 0.0484. The van der Waals surface area contributed by atoms with Gasteiger partial charge in [0.2, 0.25) is 0 Å². The average Bonchev–Trinajstić information content (AvgIpc) is 3.48. The molecule has 2 aliphatic rings. The van der Waals surface area contributed by atoms with Gasteiger partial charge in [-0.25, -0.2) is 17.9 Å². The molecule has 1 saturated heterocycles. The van der Waals surface area contributed by atoms with Crippen molar-refractivity contribution >= 4 is 39.1 Å². The van der Waals surface area contributed by atoms with Crippen LogP contribution >= 0.6 is 27.5 Å². The molecule has 232 valence electrons. The van der Waals surface area contributed by atoms with Gasteiger partial charge in [0.1, 0.15) is 30.0 Å². The lowest BCUT2D eigenvalue weighted by Crippen LogP contribution is -2.63. The van der Waals surface area contributed by atoms with Crippen LogP contribution in [0.5, 0.6) is 0 Å². The highest BCUT2D eigenvalue weighted by atomic mass is 79.9. The Bertz CT molecular complexity index is 1460. The number of benzene rings is 2. The molecule has 0 radical (unpaired) electrons. The third-order valence-electron chi connectivity index (χ3n) is 7.92. The van der Waals surface area contributed by atoms with E-state index in [2.05, 4.69) is 26.2 Å². The zero-order valence-corrected chi connectivity index (χ0v) is 25.1. The van der Waals surface area contributed by atoms with Crippen LogP contribution in [0.4, 0.5) is 18.9 Å². The predicted molar refractivity (Wildman–Crippen MR) is 152 cm³/mol. The molecule has 2 aromatic carbocycles. The number of hydrogen-bond donors (Lipinski definition) is 3. The van der Waals surface area contributed by atoms with Crippen molar-refractivity contribution in [2.75, 3.05) is 18.6 Å². The molecule has 3 N–H and O–H groups in total. The number of aliphatic hydroxyl groups excluding tert-OH is 3. The van der Waals surface area contributed by atoms with Gasteiger partial charge in [0.25, 0.3) is 5.91 Å². The van der Waals surface area contributed by atoms with Crippen LogP contribution in [0.25, 0.3) is 11.3 Å². The van der Waals surface area contributed by atoms with Gasteiger partial charge >= 0.3 is 0 Å². The molecule has 1 aliphatic carbocycles. The summed E-state index contributed by atoms with van der Waals surface area (Å²) in [4.78, 5) is 15.9. The van der Waals surface area contributed by atoms with Gasteiger partial charge in [-0.1, -0.05) is 29.7 Å². The van der Waals surface area contributed by atoms with Crippen LogP contribution < -0.4 is 4.90 Å². The van der Waals surface area contributed by atoms with E-state index in [4.69, 9.17) is 21.1 Å². The Labute approximate surface area is 258 Å². The number of aliphatic hydroxyl groups is 3. The van der Waals surface area contributed by atoms with E-state index >= 15 is 0 Å². The number of amides is 1. The van der Waals surface area contributed by atoms with Crippen LogP contribution in [0.15, 0.2) is 41.0 Å². The Morgan fingerprint density at radius 2 is 1.88 bits per heavy atom. The van der Waals surface area contributed by atoms with Gasteiger partial charge in [-0.2, -0.15) is 0 Å². The molecule has 0 unspecified atom stereocenters. The molecule has 5 rings (SSSR count). The highest BCUT2D eigenvalue weighted by Crippen LogP contribution is 2.38. The van der Waals surface area contributed by atoms with Crippen molar-refractivity contribution < 1.29 is 42.8 Å². The number of methoxy groups -OCH3 is 1. The van der Waals surface area contributed by atoms with E-state index in [9.17, 15) is 33.3 Å². The Morgan fingerprint density at radius 1 is 1.19 bits per heavy atom. The van der Waals surface area contributed by atoms with Crippen LogP contribution in [0.1, 0.15) is 31.7 Å². The number of aromatic nitrogens is 3. The SMILES string of the molecule is CO[C@@H]1[C@@H](n2cc(-c3cc(F)c(F)c(F)c3)nn2)[C@@H](O)[C@@H](CO)O[C@H]1C(=O)N(c1ccc(Cl)c(Br)c1)[C@H]1CCCC[C@@H]1O. The molecule has 10 nitrogen and oxygen atoms in total. The minimum atomic E-state index is -1.64. The average molecular weight is 690 g/mol. The Morgan fingerprint density at radius 3 is 2.51 bits per heavy atom. The predicted octanol–water partition coefficient (Wildman–Crippen LogP) is 3.79. The van der Waals surface area contributed by atoms with Crippen LogP contribution in [0.2, 0.25) is 5.02 Å². The van der Waals surface area contributed by atoms with E-state index < -0.39 is 72.6 Å². The summed E-state index contributed by atoms with van der Waals surface area (Å²) in [6, 6.07) is 4.60. The summed E-state index contributed by atoms with van der Waals surface area (Å²) >= 11 is 9.60. The molecule has 2 fully saturated rings. The first-order valence-electron chi connectivity index (χ1n) is 13.6. The molecule has 0 bridgehead atoms. The van der Waals surface area contributed by atoms with Crippen LogP contribution in [-0.2, 0) is 14.3 Å². The zero-order valence-electron chi connectivity index (χ0n) is 22.8. The molecule has 7 atom stereocenters. The van der Waals surface area contributed by atoms with E-state index in [-0.39, 0.29) is 11.3 Å². The molecule has 1 aliphatic heterocycles. The zero-order chi connectivity index (χ0) is 31.0. The number of anilines is 1. The van der Waals surface area contributed by atoms with Crippen molar-refractivity contribution in [3.63, 3.8) is 0 Å². The number of rotatable bonds is 7. The molecule has 1 saturated carbocycles. The second-order valence-electron chi connectivity index (χ2n) is 10.5. The van der Waals surface area contributed by atoms with E-state index in [0.29, 0.717) is 28.0 Å². The van der Waals surface area contributed by atoms with Crippen molar-refractivity contribution in [1.82, 2.24) is 15.0 Å². The van der Waals surface area contributed by atoms with Gasteiger partial charge in [0.15, 0.2) is 23.6 Å².